The molecule has 0 saturated carbocycles. The van der Waals surface area contributed by atoms with Crippen LogP contribution in [-0.4, -0.2) is 55.7 Å². The topological polar surface area (TPSA) is 180 Å². The number of furan rings is 1. The quantitative estimate of drug-likeness (QED) is 0.158. The molecular formula is C21H27N5O7S. The number of hydrogen-bond acceptors (Lipinski definition) is 10. The van der Waals surface area contributed by atoms with Gasteiger partial charge in [0.15, 0.2) is 17.8 Å². The molecule has 6 N–H and O–H groups in total. The van der Waals surface area contributed by atoms with Crippen molar-refractivity contribution in [3.63, 3.8) is 0 Å². The van der Waals surface area contributed by atoms with Crippen molar-refractivity contribution in [1.82, 2.24) is 10.2 Å². The summed E-state index contributed by atoms with van der Waals surface area (Å²) >= 11 is 0. The minimum Gasteiger partial charge on any atom is -0.505 e. The second-order valence-electron chi connectivity index (χ2n) is 7.76. The zero-order valence-electron chi connectivity index (χ0n) is 19.1. The number of carbonyl (C=O) groups is 1. The first-order chi connectivity index (χ1) is 16.0. The van der Waals surface area contributed by atoms with Gasteiger partial charge in [0.25, 0.3) is 15.9 Å². The standard InChI is InChI=1S/C21H27N5O7S/c1-5-13(15-10-9-11(2)32-15)23-16-18(19(22)33-29)34(30,31)25-20(16)24-14-8-6-7-12(17(14)27)21(28)26(3)4/h6-10,13,19,23,27,29H,5,22H2,1-4H3,(H,24,25)/t13-,19?/m1/s1. The minimum atomic E-state index is -4.36. The van der Waals surface area contributed by atoms with Crippen LogP contribution >= 0.6 is 0 Å². The maximum Gasteiger partial charge on any atom is 0.286 e. The Morgan fingerprint density at radius 3 is 2.56 bits per heavy atom. The van der Waals surface area contributed by atoms with Gasteiger partial charge in [0.2, 0.25) is 0 Å². The van der Waals surface area contributed by atoms with Crippen molar-refractivity contribution < 1.29 is 32.9 Å². The molecule has 0 bridgehead atoms. The van der Waals surface area contributed by atoms with E-state index in [-0.39, 0.29) is 22.8 Å². The van der Waals surface area contributed by atoms with Crippen LogP contribution < -0.4 is 16.4 Å². The van der Waals surface area contributed by atoms with E-state index in [0.717, 1.165) is 0 Å². The lowest BCUT2D eigenvalue weighted by Gasteiger charge is -2.21. The number of nitrogens with two attached hydrogens (primary N) is 1. The van der Waals surface area contributed by atoms with E-state index in [9.17, 15) is 18.3 Å². The molecule has 1 amide bonds. The summed E-state index contributed by atoms with van der Waals surface area (Å²) < 4.78 is 35.0. The summed E-state index contributed by atoms with van der Waals surface area (Å²) in [7, 11) is -1.29. The molecule has 2 atom stereocenters. The van der Waals surface area contributed by atoms with Crippen LogP contribution in [0, 0.1) is 6.92 Å². The molecule has 0 fully saturated rings. The molecule has 12 nitrogen and oxygen atoms in total. The van der Waals surface area contributed by atoms with Crippen LogP contribution in [0.5, 0.6) is 5.75 Å². The molecule has 0 spiro atoms. The highest BCUT2D eigenvalue weighted by atomic mass is 32.2. The van der Waals surface area contributed by atoms with E-state index in [1.807, 2.05) is 6.92 Å². The van der Waals surface area contributed by atoms with E-state index in [0.29, 0.717) is 17.9 Å². The molecule has 1 aliphatic rings. The molecule has 2 heterocycles. The van der Waals surface area contributed by atoms with Crippen molar-refractivity contribution >= 4 is 27.5 Å². The van der Waals surface area contributed by atoms with Gasteiger partial charge in [-0.15, -0.1) is 4.40 Å². The van der Waals surface area contributed by atoms with Gasteiger partial charge in [-0.1, -0.05) is 13.0 Å². The monoisotopic (exact) mass is 493 g/mol. The number of aromatic hydroxyl groups is 1. The van der Waals surface area contributed by atoms with E-state index in [4.69, 9.17) is 15.4 Å². The number of phenols is 1. The molecule has 0 saturated heterocycles. The summed E-state index contributed by atoms with van der Waals surface area (Å²) in [6.45, 7) is 3.63. The van der Waals surface area contributed by atoms with Gasteiger partial charge < -0.3 is 25.1 Å². The molecule has 3 rings (SSSR count). The average Bonchev–Trinajstić information content (AvgIpc) is 3.32. The van der Waals surface area contributed by atoms with Crippen molar-refractivity contribution in [2.75, 3.05) is 19.4 Å². The number of carbonyl (C=O) groups excluding carboxylic acids is 1. The van der Waals surface area contributed by atoms with E-state index in [1.165, 1.54) is 37.2 Å². The molecular weight excluding hydrogens is 466 g/mol. The number of nitrogens with one attached hydrogen (secondary N) is 2. The number of benzene rings is 1. The summed E-state index contributed by atoms with van der Waals surface area (Å²) in [5.41, 5.74) is 5.67. The Balaban J connectivity index is 2.06. The van der Waals surface area contributed by atoms with E-state index >= 15 is 0 Å². The summed E-state index contributed by atoms with van der Waals surface area (Å²) in [5, 5.41) is 25.6. The Morgan fingerprint density at radius 1 is 1.29 bits per heavy atom. The lowest BCUT2D eigenvalue weighted by molar-refractivity contribution is -0.265. The average molecular weight is 494 g/mol. The normalized spacial score (nSPS) is 16.7. The van der Waals surface area contributed by atoms with Gasteiger partial charge in [-0.2, -0.15) is 8.42 Å². The maximum absolute atomic E-state index is 12.8. The fourth-order valence-electron chi connectivity index (χ4n) is 3.40. The summed E-state index contributed by atoms with van der Waals surface area (Å²) in [5.74, 6) is 0.139. The number of rotatable bonds is 8. The van der Waals surface area contributed by atoms with Gasteiger partial charge in [0, 0.05) is 14.1 Å². The molecule has 0 radical (unpaired) electrons. The predicted molar refractivity (Wildman–Crippen MR) is 124 cm³/mol. The highest BCUT2D eigenvalue weighted by Crippen LogP contribution is 2.33. The maximum atomic E-state index is 12.8. The largest absolute Gasteiger partial charge is 0.505 e. The molecule has 184 valence electrons. The second kappa shape index (κ2) is 9.85. The van der Waals surface area contributed by atoms with Crippen molar-refractivity contribution in [2.24, 2.45) is 10.1 Å². The van der Waals surface area contributed by atoms with Crippen LogP contribution in [0.15, 0.2) is 49.7 Å². The number of phenolic OH excluding ortho intramolecular Hbond substituents is 1. The Morgan fingerprint density at radius 2 is 2.00 bits per heavy atom. The van der Waals surface area contributed by atoms with E-state index in [1.54, 1.807) is 19.1 Å². The number of aryl methyl sites for hydroxylation is 1. The number of anilines is 1. The summed E-state index contributed by atoms with van der Waals surface area (Å²) in [4.78, 5) is 17.2. The van der Waals surface area contributed by atoms with Crippen molar-refractivity contribution in [3.8, 4) is 5.75 Å². The Labute approximate surface area is 196 Å². The van der Waals surface area contributed by atoms with Gasteiger partial charge in [0.05, 0.1) is 23.0 Å². The first kappa shape index (κ1) is 25.2. The third kappa shape index (κ3) is 4.92. The van der Waals surface area contributed by atoms with Crippen molar-refractivity contribution in [3.05, 3.63) is 58.0 Å². The van der Waals surface area contributed by atoms with Crippen LogP contribution in [-0.2, 0) is 14.9 Å². The van der Waals surface area contributed by atoms with Crippen LogP contribution in [0.2, 0.25) is 0 Å². The zero-order valence-corrected chi connectivity index (χ0v) is 19.9. The Kier molecular flexibility index (Phi) is 7.31. The predicted octanol–water partition coefficient (Wildman–Crippen LogP) is 1.88. The molecule has 2 aromatic rings. The fourth-order valence-corrected chi connectivity index (χ4v) is 4.62. The van der Waals surface area contributed by atoms with Crippen molar-refractivity contribution in [2.45, 2.75) is 32.5 Å². The first-order valence-electron chi connectivity index (χ1n) is 10.3. The Hall–Kier alpha value is -3.39. The number of nitrogens with zero attached hydrogens (tertiary/aromatic N) is 2. The first-order valence-corrected chi connectivity index (χ1v) is 11.7. The van der Waals surface area contributed by atoms with Crippen LogP contribution in [0.25, 0.3) is 0 Å². The molecule has 0 aliphatic carbocycles. The van der Waals surface area contributed by atoms with E-state index < -0.39 is 38.9 Å². The van der Waals surface area contributed by atoms with E-state index in [2.05, 4.69) is 19.9 Å². The highest BCUT2D eigenvalue weighted by molar-refractivity contribution is 7.94. The van der Waals surface area contributed by atoms with Gasteiger partial charge in [-0.3, -0.25) is 10.5 Å². The molecule has 13 heteroatoms. The zero-order chi connectivity index (χ0) is 25.2. The van der Waals surface area contributed by atoms with Crippen molar-refractivity contribution in [1.29, 1.82) is 0 Å². The molecule has 1 aromatic heterocycles. The second-order valence-corrected chi connectivity index (χ2v) is 9.33. The Bertz CT molecular complexity index is 1250. The summed E-state index contributed by atoms with van der Waals surface area (Å²) in [6.07, 6.45) is -1.24. The number of hydrogen-bond donors (Lipinski definition) is 5. The van der Waals surface area contributed by atoms with Gasteiger partial charge >= 0.3 is 0 Å². The third-order valence-corrected chi connectivity index (χ3v) is 6.52. The fraction of sp³-hybridized carbons (Fsp3) is 0.333. The van der Waals surface area contributed by atoms with Gasteiger partial charge in [-0.05, 0) is 37.6 Å². The molecule has 1 aliphatic heterocycles. The number of sulfonamides is 1. The SMILES string of the molecule is CC[C@@H](NC1=C(C(N)OO)S(=O)(=O)N=C1Nc1cccc(C(=O)N(C)C)c1O)c1ccc(C)o1. The number of amides is 1. The number of amidine groups is 1. The summed E-state index contributed by atoms with van der Waals surface area (Å²) in [6, 6.07) is 7.42. The third-order valence-electron chi connectivity index (χ3n) is 5.10. The van der Waals surface area contributed by atoms with Crippen LogP contribution in [0.3, 0.4) is 0 Å². The van der Waals surface area contributed by atoms with Crippen LogP contribution in [0.1, 0.15) is 41.3 Å². The number of para-hydroxylation sites is 1. The lowest BCUT2D eigenvalue weighted by atomic mass is 10.1. The molecule has 34 heavy (non-hydrogen) atoms. The smallest absolute Gasteiger partial charge is 0.286 e. The minimum absolute atomic E-state index is 0.00283. The van der Waals surface area contributed by atoms with Gasteiger partial charge in [-0.25, -0.2) is 10.1 Å². The lowest BCUT2D eigenvalue weighted by Crippen LogP contribution is -2.34. The van der Waals surface area contributed by atoms with Crippen LogP contribution in [0.4, 0.5) is 5.69 Å². The molecule has 1 unspecified atom stereocenters. The highest BCUT2D eigenvalue weighted by Gasteiger charge is 2.39. The van der Waals surface area contributed by atoms with Gasteiger partial charge in [0.1, 0.15) is 16.4 Å². The molecule has 1 aromatic carbocycles.